The Labute approximate surface area is 226 Å². The Hall–Kier alpha value is -3.04. The Morgan fingerprint density at radius 2 is 1.38 bits per heavy atom. The molecule has 2 heterocycles. The van der Waals surface area contributed by atoms with E-state index in [0.29, 0.717) is 29.2 Å². The molecule has 194 valence electrons. The fraction of sp³-hybridized carbons (Fsp3) is 0.393. The van der Waals surface area contributed by atoms with Gasteiger partial charge in [0.1, 0.15) is 0 Å². The molecule has 7 nitrogen and oxygen atoms in total. The molecule has 0 saturated heterocycles. The summed E-state index contributed by atoms with van der Waals surface area (Å²) in [6.45, 7) is 0.489. The molecule has 0 saturated carbocycles. The van der Waals surface area contributed by atoms with Crippen LogP contribution in [0.1, 0.15) is 84.1 Å². The summed E-state index contributed by atoms with van der Waals surface area (Å²) < 4.78 is 0.850. The third-order valence-electron chi connectivity index (χ3n) is 6.27. The van der Waals surface area contributed by atoms with Crippen molar-refractivity contribution in [1.82, 2.24) is 15.1 Å². The predicted molar refractivity (Wildman–Crippen MR) is 148 cm³/mol. The summed E-state index contributed by atoms with van der Waals surface area (Å²) in [4.78, 5) is 38.3. The number of hydrogen-bond acceptors (Lipinski definition) is 7. The molecular weight excluding hydrogens is 504 g/mol. The van der Waals surface area contributed by atoms with Crippen LogP contribution in [0.25, 0.3) is 0 Å². The molecule has 1 aromatic heterocycles. The quantitative estimate of drug-likeness (QED) is 0.102. The maximum absolute atomic E-state index is 12.4. The second kappa shape index (κ2) is 14.0. The van der Waals surface area contributed by atoms with Crippen molar-refractivity contribution in [2.75, 3.05) is 11.9 Å². The standard InChI is InChI=1S/C28H32N4O3S2/c33-24(29-27-30-31-28(37-27)36-20-21-14-8-7-9-15-21)18-10-5-3-1-2-4-6-13-19-32-25(34)22-16-11-12-17-23(22)26(32)35/h7-9,11-12,14-17H,1-6,10,13,18-20H2,(H,29,30,33). The molecule has 0 fully saturated rings. The fourth-order valence-corrected chi connectivity index (χ4v) is 6.00. The SMILES string of the molecule is O=C(CCCCCCCCCCN1C(=O)c2ccccc2C1=O)Nc1nnc(SCc2ccccc2)s1. The van der Waals surface area contributed by atoms with E-state index in [1.54, 1.807) is 36.0 Å². The topological polar surface area (TPSA) is 92.3 Å². The number of imide groups is 1. The smallest absolute Gasteiger partial charge is 0.261 e. The van der Waals surface area contributed by atoms with Crippen molar-refractivity contribution in [3.8, 4) is 0 Å². The molecule has 3 aromatic rings. The van der Waals surface area contributed by atoms with E-state index in [1.165, 1.54) is 21.8 Å². The molecule has 0 bridgehead atoms. The summed E-state index contributed by atoms with van der Waals surface area (Å²) in [5.41, 5.74) is 2.27. The van der Waals surface area contributed by atoms with Gasteiger partial charge in [0, 0.05) is 18.7 Å². The lowest BCUT2D eigenvalue weighted by Crippen LogP contribution is -2.30. The normalized spacial score (nSPS) is 12.7. The number of carbonyl (C=O) groups is 3. The van der Waals surface area contributed by atoms with Gasteiger partial charge in [-0.05, 0) is 30.5 Å². The third-order valence-corrected chi connectivity index (χ3v) is 8.31. The van der Waals surface area contributed by atoms with Gasteiger partial charge in [-0.15, -0.1) is 10.2 Å². The fourth-order valence-electron chi connectivity index (χ4n) is 4.28. The maximum atomic E-state index is 12.4. The molecule has 0 unspecified atom stereocenters. The van der Waals surface area contributed by atoms with E-state index in [1.807, 2.05) is 18.2 Å². The number of rotatable bonds is 15. The van der Waals surface area contributed by atoms with Crippen LogP contribution in [0.2, 0.25) is 0 Å². The van der Waals surface area contributed by atoms with Crippen LogP contribution in [-0.2, 0) is 10.5 Å². The van der Waals surface area contributed by atoms with Crippen molar-refractivity contribution in [2.45, 2.75) is 67.9 Å². The van der Waals surface area contributed by atoms with Gasteiger partial charge in [-0.2, -0.15) is 0 Å². The Bertz CT molecular complexity index is 1160. The van der Waals surface area contributed by atoms with Gasteiger partial charge in [0.15, 0.2) is 4.34 Å². The minimum absolute atomic E-state index is 0.0103. The summed E-state index contributed by atoms with van der Waals surface area (Å²) in [5, 5.41) is 11.7. The van der Waals surface area contributed by atoms with E-state index >= 15 is 0 Å². The first-order valence-electron chi connectivity index (χ1n) is 12.9. The van der Waals surface area contributed by atoms with E-state index in [9.17, 15) is 14.4 Å². The first-order chi connectivity index (χ1) is 18.1. The van der Waals surface area contributed by atoms with Gasteiger partial charge in [-0.3, -0.25) is 19.3 Å². The zero-order valence-electron chi connectivity index (χ0n) is 20.9. The molecule has 1 aliphatic heterocycles. The van der Waals surface area contributed by atoms with Crippen LogP contribution in [-0.4, -0.2) is 39.4 Å². The van der Waals surface area contributed by atoms with Crippen molar-refractivity contribution in [3.63, 3.8) is 0 Å². The average Bonchev–Trinajstić information content (AvgIpc) is 3.46. The lowest BCUT2D eigenvalue weighted by atomic mass is 10.1. The second-order valence-corrected chi connectivity index (χ2v) is 11.3. The van der Waals surface area contributed by atoms with E-state index in [4.69, 9.17) is 0 Å². The number of amides is 3. The lowest BCUT2D eigenvalue weighted by Gasteiger charge is -2.13. The minimum atomic E-state index is -0.168. The van der Waals surface area contributed by atoms with Crippen LogP contribution >= 0.6 is 23.1 Å². The molecule has 0 atom stereocenters. The number of carbonyl (C=O) groups excluding carboxylic acids is 3. The summed E-state index contributed by atoms with van der Waals surface area (Å²) in [6, 6.07) is 17.2. The Balaban J connectivity index is 0.994. The molecule has 1 N–H and O–H groups in total. The highest BCUT2D eigenvalue weighted by molar-refractivity contribution is 8.00. The van der Waals surface area contributed by atoms with E-state index in [-0.39, 0.29) is 17.7 Å². The second-order valence-electron chi connectivity index (χ2n) is 9.08. The van der Waals surface area contributed by atoms with E-state index in [2.05, 4.69) is 27.6 Å². The van der Waals surface area contributed by atoms with Gasteiger partial charge in [-0.1, -0.05) is 104 Å². The van der Waals surface area contributed by atoms with Gasteiger partial charge < -0.3 is 5.32 Å². The van der Waals surface area contributed by atoms with Crippen molar-refractivity contribution >= 4 is 46.0 Å². The molecule has 4 rings (SSSR count). The molecule has 9 heteroatoms. The highest BCUT2D eigenvalue weighted by atomic mass is 32.2. The van der Waals surface area contributed by atoms with Gasteiger partial charge in [0.25, 0.3) is 11.8 Å². The number of nitrogens with one attached hydrogen (secondary N) is 1. The average molecular weight is 537 g/mol. The van der Waals surface area contributed by atoms with Gasteiger partial charge in [-0.25, -0.2) is 0 Å². The minimum Gasteiger partial charge on any atom is -0.301 e. The summed E-state index contributed by atoms with van der Waals surface area (Å²) in [7, 11) is 0. The number of fused-ring (bicyclic) bond motifs is 1. The number of anilines is 1. The van der Waals surface area contributed by atoms with Crippen molar-refractivity contribution < 1.29 is 14.4 Å². The predicted octanol–water partition coefficient (Wildman–Crippen LogP) is 6.58. The summed E-state index contributed by atoms with van der Waals surface area (Å²) >= 11 is 3.03. The third kappa shape index (κ3) is 7.97. The monoisotopic (exact) mass is 536 g/mol. The molecule has 3 amide bonds. The first-order valence-corrected chi connectivity index (χ1v) is 14.7. The van der Waals surface area contributed by atoms with Gasteiger partial charge in [0.2, 0.25) is 11.0 Å². The largest absolute Gasteiger partial charge is 0.301 e. The van der Waals surface area contributed by atoms with Crippen molar-refractivity contribution in [3.05, 3.63) is 71.3 Å². The molecule has 2 aromatic carbocycles. The molecule has 37 heavy (non-hydrogen) atoms. The number of thioether (sulfide) groups is 1. The first kappa shape index (κ1) is 27.0. The maximum Gasteiger partial charge on any atom is 0.261 e. The van der Waals surface area contributed by atoms with Crippen LogP contribution in [0.5, 0.6) is 0 Å². The number of unbranched alkanes of at least 4 members (excludes halogenated alkanes) is 7. The molecule has 0 spiro atoms. The Morgan fingerprint density at radius 3 is 2.05 bits per heavy atom. The number of aromatic nitrogens is 2. The number of benzene rings is 2. The lowest BCUT2D eigenvalue weighted by molar-refractivity contribution is -0.116. The van der Waals surface area contributed by atoms with Crippen LogP contribution in [0.15, 0.2) is 58.9 Å². The molecule has 0 aliphatic carbocycles. The Morgan fingerprint density at radius 1 is 0.784 bits per heavy atom. The van der Waals surface area contributed by atoms with Crippen molar-refractivity contribution in [1.29, 1.82) is 0 Å². The molecule has 1 aliphatic rings. The van der Waals surface area contributed by atoms with Crippen LogP contribution in [0.4, 0.5) is 5.13 Å². The van der Waals surface area contributed by atoms with E-state index in [0.717, 1.165) is 61.5 Å². The van der Waals surface area contributed by atoms with Crippen molar-refractivity contribution in [2.24, 2.45) is 0 Å². The zero-order chi connectivity index (χ0) is 25.9. The summed E-state index contributed by atoms with van der Waals surface area (Å²) in [5.74, 6) is 0.482. The zero-order valence-corrected chi connectivity index (χ0v) is 22.5. The number of hydrogen-bond donors (Lipinski definition) is 1. The highest BCUT2D eigenvalue weighted by Gasteiger charge is 2.34. The highest BCUT2D eigenvalue weighted by Crippen LogP contribution is 2.28. The van der Waals surface area contributed by atoms with E-state index < -0.39 is 0 Å². The Kier molecular flexibility index (Phi) is 10.3. The van der Waals surface area contributed by atoms with Crippen LogP contribution in [0, 0.1) is 0 Å². The summed E-state index contributed by atoms with van der Waals surface area (Å²) in [6.07, 6.45) is 8.67. The molecular formula is C28H32N4O3S2. The van der Waals surface area contributed by atoms with Crippen LogP contribution in [0.3, 0.4) is 0 Å². The van der Waals surface area contributed by atoms with Crippen LogP contribution < -0.4 is 5.32 Å². The number of nitrogens with zero attached hydrogens (tertiary/aromatic N) is 3. The van der Waals surface area contributed by atoms with Gasteiger partial charge in [0.05, 0.1) is 11.1 Å². The molecule has 0 radical (unpaired) electrons. The van der Waals surface area contributed by atoms with Gasteiger partial charge >= 0.3 is 0 Å².